The highest BCUT2D eigenvalue weighted by molar-refractivity contribution is 6.40. The van der Waals surface area contributed by atoms with E-state index in [0.29, 0.717) is 28.6 Å². The Morgan fingerprint density at radius 1 is 1.12 bits per heavy atom. The predicted molar refractivity (Wildman–Crippen MR) is 105 cm³/mol. The number of halogens is 1. The van der Waals surface area contributed by atoms with Crippen LogP contribution in [0.3, 0.4) is 0 Å². The van der Waals surface area contributed by atoms with Gasteiger partial charge in [0.05, 0.1) is 11.3 Å². The van der Waals surface area contributed by atoms with E-state index in [4.69, 9.17) is 16.4 Å². The molecular formula is C20H18ClN3O2. The smallest absolute Gasteiger partial charge is 0.258 e. The number of amides is 1. The zero-order valence-electron chi connectivity index (χ0n) is 14.5. The number of hydrogen-bond donors (Lipinski definition) is 2. The SMILES string of the molecule is CCCO/N=C1/C(=C2/C(=O)Nc3cc(C)c(Cl)cc32)Nc2ccccc21. The molecule has 6 heteroatoms. The van der Waals surface area contributed by atoms with Gasteiger partial charge in [0.2, 0.25) is 0 Å². The van der Waals surface area contributed by atoms with E-state index >= 15 is 0 Å². The summed E-state index contributed by atoms with van der Waals surface area (Å²) in [4.78, 5) is 18.2. The molecule has 2 heterocycles. The molecule has 5 nitrogen and oxygen atoms in total. The van der Waals surface area contributed by atoms with Crippen LogP contribution in [0.1, 0.15) is 30.0 Å². The maximum Gasteiger partial charge on any atom is 0.258 e. The topological polar surface area (TPSA) is 62.7 Å². The van der Waals surface area contributed by atoms with Gasteiger partial charge in [-0.1, -0.05) is 41.9 Å². The third kappa shape index (κ3) is 2.65. The van der Waals surface area contributed by atoms with Crippen LogP contribution in [0, 0.1) is 6.92 Å². The first-order valence-electron chi connectivity index (χ1n) is 8.53. The lowest BCUT2D eigenvalue weighted by atomic mass is 10.0. The molecule has 2 aliphatic rings. The van der Waals surface area contributed by atoms with Crippen molar-refractivity contribution in [1.82, 2.24) is 0 Å². The Kier molecular flexibility index (Phi) is 4.17. The standard InChI is InChI=1S/C20H18ClN3O2/c1-3-8-26-24-18-12-6-4-5-7-15(12)22-19(18)17-13-10-14(21)11(2)9-16(13)23-20(17)25/h4-7,9-10,22H,3,8H2,1-2H3,(H,23,25)/b19-17-,24-18+. The van der Waals surface area contributed by atoms with Gasteiger partial charge in [-0.2, -0.15) is 0 Å². The summed E-state index contributed by atoms with van der Waals surface area (Å²) < 4.78 is 0. The fourth-order valence-corrected chi connectivity index (χ4v) is 3.32. The fourth-order valence-electron chi connectivity index (χ4n) is 3.15. The van der Waals surface area contributed by atoms with Crippen molar-refractivity contribution < 1.29 is 9.63 Å². The minimum Gasteiger partial charge on any atom is -0.395 e. The van der Waals surface area contributed by atoms with Gasteiger partial charge in [-0.3, -0.25) is 4.79 Å². The molecule has 0 atom stereocenters. The highest BCUT2D eigenvalue weighted by atomic mass is 35.5. The fraction of sp³-hybridized carbons (Fsp3) is 0.200. The number of hydrogen-bond acceptors (Lipinski definition) is 4. The minimum absolute atomic E-state index is 0.180. The van der Waals surface area contributed by atoms with Gasteiger partial charge in [-0.15, -0.1) is 0 Å². The van der Waals surface area contributed by atoms with E-state index in [0.717, 1.165) is 34.5 Å². The average molecular weight is 368 g/mol. The van der Waals surface area contributed by atoms with Gasteiger partial charge in [0, 0.05) is 27.5 Å². The number of carbonyl (C=O) groups is 1. The van der Waals surface area contributed by atoms with Gasteiger partial charge in [-0.05, 0) is 37.1 Å². The van der Waals surface area contributed by atoms with Crippen molar-refractivity contribution in [3.05, 3.63) is 63.8 Å². The molecule has 0 aromatic heterocycles. The number of anilines is 2. The molecular weight excluding hydrogens is 350 g/mol. The third-order valence-corrected chi connectivity index (χ3v) is 4.83. The molecule has 2 aliphatic heterocycles. The van der Waals surface area contributed by atoms with Crippen molar-refractivity contribution in [3.63, 3.8) is 0 Å². The van der Waals surface area contributed by atoms with E-state index in [1.807, 2.05) is 50.2 Å². The van der Waals surface area contributed by atoms with E-state index in [1.54, 1.807) is 0 Å². The minimum atomic E-state index is -0.180. The first-order valence-corrected chi connectivity index (χ1v) is 8.91. The number of rotatable bonds is 3. The van der Waals surface area contributed by atoms with Crippen molar-refractivity contribution in [2.75, 3.05) is 17.2 Å². The van der Waals surface area contributed by atoms with Gasteiger partial charge in [-0.25, -0.2) is 0 Å². The number of nitrogens with one attached hydrogen (secondary N) is 2. The van der Waals surface area contributed by atoms with Crippen LogP contribution >= 0.6 is 11.6 Å². The number of fused-ring (bicyclic) bond motifs is 2. The van der Waals surface area contributed by atoms with E-state index in [2.05, 4.69) is 15.8 Å². The molecule has 26 heavy (non-hydrogen) atoms. The number of benzene rings is 2. The van der Waals surface area contributed by atoms with Gasteiger partial charge in [0.1, 0.15) is 12.3 Å². The quantitative estimate of drug-likeness (QED) is 0.474. The Bertz CT molecular complexity index is 979. The van der Waals surface area contributed by atoms with Crippen LogP contribution < -0.4 is 10.6 Å². The Morgan fingerprint density at radius 2 is 1.92 bits per heavy atom. The largest absolute Gasteiger partial charge is 0.395 e. The van der Waals surface area contributed by atoms with Crippen LogP contribution in [0.2, 0.25) is 5.02 Å². The van der Waals surface area contributed by atoms with Crippen LogP contribution in [0.15, 0.2) is 47.3 Å². The molecule has 0 spiro atoms. The lowest BCUT2D eigenvalue weighted by Crippen LogP contribution is -2.12. The molecule has 0 radical (unpaired) electrons. The van der Waals surface area contributed by atoms with Crippen LogP contribution in [0.4, 0.5) is 11.4 Å². The lowest BCUT2D eigenvalue weighted by molar-refractivity contribution is -0.110. The highest BCUT2D eigenvalue weighted by Crippen LogP contribution is 2.40. The number of allylic oxidation sites excluding steroid dienone is 1. The van der Waals surface area contributed by atoms with E-state index in [9.17, 15) is 4.79 Å². The molecule has 0 saturated carbocycles. The van der Waals surface area contributed by atoms with Crippen molar-refractivity contribution in [2.24, 2.45) is 5.16 Å². The van der Waals surface area contributed by atoms with Gasteiger partial charge < -0.3 is 15.5 Å². The summed E-state index contributed by atoms with van der Waals surface area (Å²) in [5.41, 5.74) is 6.04. The van der Waals surface area contributed by atoms with Crippen LogP contribution in [-0.2, 0) is 9.63 Å². The van der Waals surface area contributed by atoms with Gasteiger partial charge in [0.25, 0.3) is 5.91 Å². The molecule has 2 N–H and O–H groups in total. The molecule has 132 valence electrons. The lowest BCUT2D eigenvalue weighted by Gasteiger charge is -2.07. The predicted octanol–water partition coefficient (Wildman–Crippen LogP) is 4.57. The summed E-state index contributed by atoms with van der Waals surface area (Å²) in [6.45, 7) is 4.45. The number of para-hydroxylation sites is 1. The number of oxime groups is 1. The number of carbonyl (C=O) groups excluding carboxylic acids is 1. The van der Waals surface area contributed by atoms with E-state index in [1.165, 1.54) is 0 Å². The first kappa shape index (κ1) is 16.7. The van der Waals surface area contributed by atoms with Gasteiger partial charge >= 0.3 is 0 Å². The zero-order chi connectivity index (χ0) is 18.3. The molecule has 0 aliphatic carbocycles. The first-order chi connectivity index (χ1) is 12.6. The summed E-state index contributed by atoms with van der Waals surface area (Å²) in [6, 6.07) is 11.5. The monoisotopic (exact) mass is 367 g/mol. The van der Waals surface area contributed by atoms with Crippen LogP contribution in [0.5, 0.6) is 0 Å². The number of nitrogens with zero attached hydrogens (tertiary/aromatic N) is 1. The van der Waals surface area contributed by atoms with Crippen molar-refractivity contribution in [3.8, 4) is 0 Å². The van der Waals surface area contributed by atoms with Crippen LogP contribution in [-0.4, -0.2) is 18.2 Å². The second-order valence-electron chi connectivity index (χ2n) is 6.29. The molecule has 0 bridgehead atoms. The van der Waals surface area contributed by atoms with E-state index < -0.39 is 0 Å². The summed E-state index contributed by atoms with van der Waals surface area (Å²) in [7, 11) is 0. The summed E-state index contributed by atoms with van der Waals surface area (Å²) in [6.07, 6.45) is 0.857. The number of aryl methyl sites for hydroxylation is 1. The van der Waals surface area contributed by atoms with Gasteiger partial charge in [0.15, 0.2) is 0 Å². The molecule has 4 rings (SSSR count). The second kappa shape index (κ2) is 6.50. The Morgan fingerprint density at radius 3 is 2.73 bits per heavy atom. The molecule has 1 amide bonds. The van der Waals surface area contributed by atoms with Crippen molar-refractivity contribution in [1.29, 1.82) is 0 Å². The molecule has 0 unspecified atom stereocenters. The molecule has 2 aromatic rings. The molecule has 0 saturated heterocycles. The summed E-state index contributed by atoms with van der Waals surface area (Å²) in [5.74, 6) is -0.180. The van der Waals surface area contributed by atoms with Crippen molar-refractivity contribution >= 4 is 40.2 Å². The third-order valence-electron chi connectivity index (χ3n) is 4.42. The Balaban J connectivity index is 1.90. The summed E-state index contributed by atoms with van der Waals surface area (Å²) >= 11 is 6.30. The van der Waals surface area contributed by atoms with Crippen LogP contribution in [0.25, 0.3) is 5.57 Å². The maximum absolute atomic E-state index is 12.7. The molecule has 2 aromatic carbocycles. The Labute approximate surface area is 156 Å². The van der Waals surface area contributed by atoms with Crippen molar-refractivity contribution in [2.45, 2.75) is 20.3 Å². The molecule has 0 fully saturated rings. The zero-order valence-corrected chi connectivity index (χ0v) is 15.3. The normalized spacial score (nSPS) is 19.2. The highest BCUT2D eigenvalue weighted by Gasteiger charge is 2.34. The summed E-state index contributed by atoms with van der Waals surface area (Å²) in [5, 5.41) is 11.2. The Hall–Kier alpha value is -2.79. The van der Waals surface area contributed by atoms with E-state index in [-0.39, 0.29) is 5.91 Å². The second-order valence-corrected chi connectivity index (χ2v) is 6.70. The average Bonchev–Trinajstić information content (AvgIpc) is 3.12. The maximum atomic E-state index is 12.7.